The first-order chi connectivity index (χ1) is 21.4. The average Bonchev–Trinajstić information content (AvgIpc) is 3.38. The highest BCUT2D eigenvalue weighted by molar-refractivity contribution is 7.92. The number of rotatable bonds is 9. The van der Waals surface area contributed by atoms with Crippen molar-refractivity contribution in [3.63, 3.8) is 0 Å². The molecule has 0 aliphatic carbocycles. The Morgan fingerprint density at radius 1 is 1.02 bits per heavy atom. The van der Waals surface area contributed by atoms with Crippen molar-refractivity contribution >= 4 is 50.5 Å². The first-order valence-corrected chi connectivity index (χ1v) is 17.6. The molecule has 1 aromatic heterocycles. The minimum atomic E-state index is -3.57. The maximum Gasteiger partial charge on any atom is 0.254 e. The zero-order valence-electron chi connectivity index (χ0n) is 26.4. The molecule has 12 heteroatoms. The molecule has 3 aliphatic heterocycles. The smallest absolute Gasteiger partial charge is 0.254 e. The first-order valence-electron chi connectivity index (χ1n) is 15.7. The number of nitrogens with one attached hydrogen (secondary N) is 2. The predicted octanol–water partition coefficient (Wildman–Crippen LogP) is 6.56. The van der Waals surface area contributed by atoms with Crippen LogP contribution in [0.25, 0.3) is 0 Å². The lowest BCUT2D eigenvalue weighted by molar-refractivity contribution is 0.0655. The lowest BCUT2D eigenvalue weighted by atomic mass is 9.95. The summed E-state index contributed by atoms with van der Waals surface area (Å²) >= 11 is 6.47. The summed E-state index contributed by atoms with van der Waals surface area (Å²) in [5, 5.41) is 5.95. The SMILES string of the molecule is CC(C)Oc1cc2c(cc1Nc1ncc(Cl)c(Nc3ccccc3S(=O)(=O)C(C)C)n1)C(=O)N([C@@H]1CC3CCCC[C@@H]1N3C)C2. The minimum Gasteiger partial charge on any atom is -0.489 e. The molecule has 3 aliphatic rings. The highest BCUT2D eigenvalue weighted by Crippen LogP contribution is 2.42. The second-order valence-corrected chi connectivity index (χ2v) is 15.7. The van der Waals surface area contributed by atoms with Crippen molar-refractivity contribution in [3.05, 3.63) is 58.7 Å². The molecule has 0 radical (unpaired) electrons. The Morgan fingerprint density at radius 3 is 2.53 bits per heavy atom. The van der Waals surface area contributed by atoms with Crippen LogP contribution in [0.4, 0.5) is 23.1 Å². The monoisotopic (exact) mass is 652 g/mol. The fourth-order valence-corrected chi connectivity index (χ4v) is 8.18. The molecule has 240 valence electrons. The van der Waals surface area contributed by atoms with Gasteiger partial charge in [-0.2, -0.15) is 4.98 Å². The Balaban J connectivity index is 1.29. The van der Waals surface area contributed by atoms with Gasteiger partial charge in [0.05, 0.1) is 33.8 Å². The Hall–Kier alpha value is -3.41. The number of carbonyl (C=O) groups is 1. The number of anilines is 4. The van der Waals surface area contributed by atoms with E-state index in [-0.39, 0.29) is 39.7 Å². The van der Waals surface area contributed by atoms with Gasteiger partial charge in [0.1, 0.15) is 10.8 Å². The van der Waals surface area contributed by atoms with E-state index in [0.29, 0.717) is 41.3 Å². The summed E-state index contributed by atoms with van der Waals surface area (Å²) in [4.78, 5) is 27.6. The summed E-state index contributed by atoms with van der Waals surface area (Å²) < 4.78 is 32.2. The zero-order chi connectivity index (χ0) is 32.0. The number of para-hydroxylation sites is 1. The summed E-state index contributed by atoms with van der Waals surface area (Å²) in [6.07, 6.45) is 7.11. The van der Waals surface area contributed by atoms with Crippen LogP contribution in [0.1, 0.15) is 75.7 Å². The lowest BCUT2D eigenvalue weighted by Gasteiger charge is -2.31. The topological polar surface area (TPSA) is 117 Å². The summed E-state index contributed by atoms with van der Waals surface area (Å²) in [7, 11) is -1.36. The van der Waals surface area contributed by atoms with Gasteiger partial charge in [0.2, 0.25) is 5.95 Å². The number of sulfone groups is 1. The molecular weight excluding hydrogens is 612 g/mol. The van der Waals surface area contributed by atoms with E-state index in [1.165, 1.54) is 25.5 Å². The second-order valence-electron chi connectivity index (χ2n) is 12.8. The van der Waals surface area contributed by atoms with E-state index >= 15 is 0 Å². The maximum atomic E-state index is 13.9. The molecule has 2 aromatic carbocycles. The van der Waals surface area contributed by atoms with Crippen LogP contribution in [-0.2, 0) is 16.4 Å². The third-order valence-electron chi connectivity index (χ3n) is 9.20. The number of halogens is 1. The van der Waals surface area contributed by atoms with E-state index < -0.39 is 15.1 Å². The third kappa shape index (κ3) is 6.09. The number of carbonyl (C=O) groups excluding carboxylic acids is 1. The van der Waals surface area contributed by atoms with Gasteiger partial charge >= 0.3 is 0 Å². The van der Waals surface area contributed by atoms with E-state index in [1.54, 1.807) is 38.1 Å². The van der Waals surface area contributed by atoms with Crippen molar-refractivity contribution in [1.82, 2.24) is 19.8 Å². The molecule has 10 nitrogen and oxygen atoms in total. The van der Waals surface area contributed by atoms with Crippen molar-refractivity contribution < 1.29 is 17.9 Å². The van der Waals surface area contributed by atoms with Crippen molar-refractivity contribution in [2.24, 2.45) is 0 Å². The van der Waals surface area contributed by atoms with Crippen molar-refractivity contribution in [1.29, 1.82) is 0 Å². The molecule has 3 aromatic rings. The fourth-order valence-electron chi connectivity index (χ4n) is 6.84. The van der Waals surface area contributed by atoms with Crippen LogP contribution in [0.15, 0.2) is 47.5 Å². The molecule has 0 saturated carbocycles. The summed E-state index contributed by atoms with van der Waals surface area (Å²) in [5.41, 5.74) is 2.52. The number of amides is 1. The summed E-state index contributed by atoms with van der Waals surface area (Å²) in [6, 6.07) is 11.6. The van der Waals surface area contributed by atoms with Gasteiger partial charge in [0, 0.05) is 30.2 Å². The summed E-state index contributed by atoms with van der Waals surface area (Å²) in [5.74, 6) is 1.09. The molecule has 2 fully saturated rings. The standard InChI is InChI=1S/C33H41ClN6O4S/c1-19(2)44-29-14-21-18-40(28-15-22-10-6-8-12-27(28)39(22)5)32(41)23(21)16-26(29)37-33-35-17-24(34)31(38-33)36-25-11-7-9-13-30(25)45(42,43)20(3)4/h7,9,11,13-14,16-17,19-20,22,27-28H,6,8,10,12,15,18H2,1-5H3,(H2,35,36,37,38)/t22?,27-,28+/m0/s1. The van der Waals surface area contributed by atoms with E-state index in [1.807, 2.05) is 26.0 Å². The Kier molecular flexibility index (Phi) is 8.71. The number of fused-ring (bicyclic) bond motifs is 3. The van der Waals surface area contributed by atoms with E-state index in [0.717, 1.165) is 18.4 Å². The summed E-state index contributed by atoms with van der Waals surface area (Å²) in [6.45, 7) is 7.75. The lowest BCUT2D eigenvalue weighted by Crippen LogP contribution is -2.44. The molecule has 1 amide bonds. The number of likely N-dealkylation sites (N-methyl/N-ethyl adjacent to an activating group) is 1. The highest BCUT2D eigenvalue weighted by atomic mass is 35.5. The van der Waals surface area contributed by atoms with E-state index in [4.69, 9.17) is 16.3 Å². The zero-order valence-corrected chi connectivity index (χ0v) is 28.0. The fraction of sp³-hybridized carbons (Fsp3) is 0.485. The number of aromatic nitrogens is 2. The number of hydrogen-bond donors (Lipinski definition) is 2. The second kappa shape index (κ2) is 12.4. The van der Waals surface area contributed by atoms with Crippen LogP contribution >= 0.6 is 11.6 Å². The van der Waals surface area contributed by atoms with Gasteiger partial charge in [-0.3, -0.25) is 9.69 Å². The number of ether oxygens (including phenoxy) is 1. The van der Waals surface area contributed by atoms with Gasteiger partial charge in [0.15, 0.2) is 15.7 Å². The van der Waals surface area contributed by atoms with Gasteiger partial charge < -0.3 is 20.3 Å². The molecule has 3 atom stereocenters. The molecule has 45 heavy (non-hydrogen) atoms. The van der Waals surface area contributed by atoms with Crippen molar-refractivity contribution in [3.8, 4) is 5.75 Å². The van der Waals surface area contributed by atoms with Crippen molar-refractivity contribution in [2.45, 2.75) is 101 Å². The predicted molar refractivity (Wildman–Crippen MR) is 177 cm³/mol. The van der Waals surface area contributed by atoms with Crippen LogP contribution in [0.5, 0.6) is 5.75 Å². The number of benzene rings is 2. The maximum absolute atomic E-state index is 13.9. The largest absolute Gasteiger partial charge is 0.489 e. The molecule has 2 N–H and O–H groups in total. The molecular formula is C33H41ClN6O4S. The van der Waals surface area contributed by atoms with E-state index in [9.17, 15) is 13.2 Å². The highest BCUT2D eigenvalue weighted by Gasteiger charge is 2.46. The number of nitrogens with zero attached hydrogens (tertiary/aromatic N) is 4. The quantitative estimate of drug-likeness (QED) is 0.265. The van der Waals surface area contributed by atoms with Crippen LogP contribution in [0.2, 0.25) is 5.02 Å². The average molecular weight is 653 g/mol. The molecule has 1 unspecified atom stereocenters. The first kappa shape index (κ1) is 31.6. The minimum absolute atomic E-state index is 0.0381. The van der Waals surface area contributed by atoms with Gasteiger partial charge in [-0.05, 0) is 83.8 Å². The third-order valence-corrected chi connectivity index (χ3v) is 11.7. The van der Waals surface area contributed by atoms with Gasteiger partial charge in [-0.25, -0.2) is 13.4 Å². The molecule has 4 heterocycles. The Bertz CT molecular complexity index is 1720. The van der Waals surface area contributed by atoms with Crippen LogP contribution in [-0.4, -0.2) is 70.6 Å². The van der Waals surface area contributed by atoms with Crippen LogP contribution < -0.4 is 15.4 Å². The number of hydrogen-bond acceptors (Lipinski definition) is 9. The van der Waals surface area contributed by atoms with Crippen molar-refractivity contribution in [2.75, 3.05) is 17.7 Å². The van der Waals surface area contributed by atoms with Gasteiger partial charge in [0.25, 0.3) is 5.91 Å². The van der Waals surface area contributed by atoms with Gasteiger partial charge in [-0.15, -0.1) is 0 Å². The normalized spacial score (nSPS) is 21.7. The molecule has 6 rings (SSSR count). The van der Waals surface area contributed by atoms with E-state index in [2.05, 4.69) is 37.4 Å². The van der Waals surface area contributed by atoms with Crippen LogP contribution in [0.3, 0.4) is 0 Å². The Morgan fingerprint density at radius 2 is 1.78 bits per heavy atom. The molecule has 2 bridgehead atoms. The molecule has 2 saturated heterocycles. The van der Waals surface area contributed by atoms with Crippen LogP contribution in [0, 0.1) is 0 Å². The van der Waals surface area contributed by atoms with Gasteiger partial charge in [-0.1, -0.05) is 36.6 Å². The molecule has 0 spiro atoms. The Labute approximate surface area is 270 Å².